The molecule has 1 fully saturated rings. The quantitative estimate of drug-likeness (QED) is 0.617. The average molecular weight is 261 g/mol. The molecular weight excluding hydrogens is 242 g/mol. The van der Waals surface area contributed by atoms with Gasteiger partial charge in [0.15, 0.2) is 0 Å². The van der Waals surface area contributed by atoms with E-state index < -0.39 is 0 Å². The van der Waals surface area contributed by atoms with Crippen LogP contribution < -0.4 is 4.90 Å². The molecule has 0 unspecified atom stereocenters. The first kappa shape index (κ1) is 13.5. The van der Waals surface area contributed by atoms with E-state index in [-0.39, 0.29) is 10.6 Å². The van der Waals surface area contributed by atoms with Gasteiger partial charge in [-0.15, -0.1) is 0 Å². The van der Waals surface area contributed by atoms with Gasteiger partial charge >= 0.3 is 0 Å². The van der Waals surface area contributed by atoms with Crippen molar-refractivity contribution in [2.45, 2.75) is 12.5 Å². The molecule has 0 radical (unpaired) electrons. The van der Waals surface area contributed by atoms with Crippen molar-refractivity contribution < 1.29 is 4.92 Å². The van der Waals surface area contributed by atoms with Gasteiger partial charge in [0.25, 0.3) is 5.69 Å². The van der Waals surface area contributed by atoms with Crippen molar-refractivity contribution in [3.05, 3.63) is 40.5 Å². The predicted octanol–water partition coefficient (Wildman–Crippen LogP) is 2.38. The summed E-state index contributed by atoms with van der Waals surface area (Å²) < 4.78 is 0. The standard InChI is InChI=1S/C14H19N3O2/c1-4-11-9-12(5-6-14(11)17(18)19)16-8-7-13(10-16)15(2)3/h4-6,9,13H,1,7-8,10H2,2-3H3/t13-/m0/s1. The molecule has 1 aliphatic heterocycles. The van der Waals surface area contributed by atoms with Gasteiger partial charge in [-0.2, -0.15) is 0 Å². The maximum absolute atomic E-state index is 10.9. The SMILES string of the molecule is C=Cc1cc(N2CC[C@H](N(C)C)C2)ccc1[N+](=O)[O-]. The van der Waals surface area contributed by atoms with E-state index in [2.05, 4.69) is 30.5 Å². The van der Waals surface area contributed by atoms with Gasteiger partial charge in [0, 0.05) is 30.9 Å². The molecular formula is C14H19N3O2. The Morgan fingerprint density at radius 1 is 1.53 bits per heavy atom. The Labute approximate surface area is 113 Å². The van der Waals surface area contributed by atoms with Gasteiger partial charge in [-0.05, 0) is 32.6 Å². The molecule has 0 aromatic heterocycles. The van der Waals surface area contributed by atoms with E-state index in [0.717, 1.165) is 25.2 Å². The van der Waals surface area contributed by atoms with E-state index in [1.165, 1.54) is 0 Å². The van der Waals surface area contributed by atoms with Crippen molar-refractivity contribution >= 4 is 17.5 Å². The number of likely N-dealkylation sites (N-methyl/N-ethyl adjacent to an activating group) is 1. The zero-order valence-electron chi connectivity index (χ0n) is 11.4. The lowest BCUT2D eigenvalue weighted by Crippen LogP contribution is -2.31. The number of nitro groups is 1. The molecule has 1 aliphatic rings. The number of benzene rings is 1. The topological polar surface area (TPSA) is 49.6 Å². The van der Waals surface area contributed by atoms with Crippen molar-refractivity contribution in [3.8, 4) is 0 Å². The summed E-state index contributed by atoms with van der Waals surface area (Å²) in [4.78, 5) is 15.0. The Kier molecular flexibility index (Phi) is 3.85. The summed E-state index contributed by atoms with van der Waals surface area (Å²) in [5.74, 6) is 0. The monoisotopic (exact) mass is 261 g/mol. The average Bonchev–Trinajstić information content (AvgIpc) is 2.87. The summed E-state index contributed by atoms with van der Waals surface area (Å²) >= 11 is 0. The van der Waals surface area contributed by atoms with Crippen LogP contribution in [0.3, 0.4) is 0 Å². The smallest absolute Gasteiger partial charge is 0.276 e. The number of anilines is 1. The minimum atomic E-state index is -0.368. The third-order valence-electron chi connectivity index (χ3n) is 3.69. The van der Waals surface area contributed by atoms with Crippen molar-refractivity contribution in [1.29, 1.82) is 0 Å². The number of rotatable bonds is 4. The van der Waals surface area contributed by atoms with E-state index in [4.69, 9.17) is 0 Å². The molecule has 102 valence electrons. The van der Waals surface area contributed by atoms with Gasteiger partial charge in [0.2, 0.25) is 0 Å². The second-order valence-electron chi connectivity index (χ2n) is 5.06. The fourth-order valence-electron chi connectivity index (χ4n) is 2.47. The number of nitrogens with zero attached hydrogens (tertiary/aromatic N) is 3. The lowest BCUT2D eigenvalue weighted by molar-refractivity contribution is -0.385. The van der Waals surface area contributed by atoms with Gasteiger partial charge in [0.05, 0.1) is 10.5 Å². The normalized spacial score (nSPS) is 18.9. The van der Waals surface area contributed by atoms with Crippen molar-refractivity contribution in [3.63, 3.8) is 0 Å². The highest BCUT2D eigenvalue weighted by Gasteiger charge is 2.25. The van der Waals surface area contributed by atoms with Crippen molar-refractivity contribution in [1.82, 2.24) is 4.90 Å². The first-order chi connectivity index (χ1) is 9.02. The van der Waals surface area contributed by atoms with Gasteiger partial charge in [-0.1, -0.05) is 12.7 Å². The fraction of sp³-hybridized carbons (Fsp3) is 0.429. The van der Waals surface area contributed by atoms with Crippen LogP contribution in [0, 0.1) is 10.1 Å². The minimum Gasteiger partial charge on any atom is -0.370 e. The zero-order chi connectivity index (χ0) is 14.0. The molecule has 1 saturated heterocycles. The molecule has 5 nitrogen and oxygen atoms in total. The highest BCUT2D eigenvalue weighted by molar-refractivity contribution is 5.66. The van der Waals surface area contributed by atoms with Gasteiger partial charge in [-0.3, -0.25) is 10.1 Å². The van der Waals surface area contributed by atoms with E-state index in [1.807, 2.05) is 12.1 Å². The molecule has 0 aliphatic carbocycles. The van der Waals surface area contributed by atoms with E-state index in [0.29, 0.717) is 11.6 Å². The molecule has 0 N–H and O–H groups in total. The summed E-state index contributed by atoms with van der Waals surface area (Å²) in [7, 11) is 4.17. The fourth-order valence-corrected chi connectivity index (χ4v) is 2.47. The molecule has 0 spiro atoms. The Balaban J connectivity index is 2.23. The first-order valence-electron chi connectivity index (χ1n) is 6.35. The number of hydrogen-bond donors (Lipinski definition) is 0. The lowest BCUT2D eigenvalue weighted by atomic mass is 10.1. The minimum absolute atomic E-state index is 0.113. The molecule has 1 heterocycles. The molecule has 0 amide bonds. The largest absolute Gasteiger partial charge is 0.370 e. The molecule has 1 aromatic rings. The number of nitro benzene ring substituents is 1. The van der Waals surface area contributed by atoms with Crippen LogP contribution in [0.2, 0.25) is 0 Å². The van der Waals surface area contributed by atoms with Crippen molar-refractivity contribution in [2.75, 3.05) is 32.1 Å². The second kappa shape index (κ2) is 5.40. The Morgan fingerprint density at radius 3 is 2.79 bits per heavy atom. The predicted molar refractivity (Wildman–Crippen MR) is 77.5 cm³/mol. The Morgan fingerprint density at radius 2 is 2.26 bits per heavy atom. The molecule has 1 aromatic carbocycles. The van der Waals surface area contributed by atoms with Crippen LogP contribution in [-0.4, -0.2) is 43.0 Å². The van der Waals surface area contributed by atoms with E-state index >= 15 is 0 Å². The molecule has 2 rings (SSSR count). The van der Waals surface area contributed by atoms with Crippen molar-refractivity contribution in [2.24, 2.45) is 0 Å². The summed E-state index contributed by atoms with van der Waals surface area (Å²) in [6.07, 6.45) is 2.66. The third-order valence-corrected chi connectivity index (χ3v) is 3.69. The molecule has 19 heavy (non-hydrogen) atoms. The van der Waals surface area contributed by atoms with Crippen LogP contribution in [-0.2, 0) is 0 Å². The van der Waals surface area contributed by atoms with Gasteiger partial charge in [0.1, 0.15) is 0 Å². The Bertz CT molecular complexity index is 499. The van der Waals surface area contributed by atoms with Crippen LogP contribution in [0.1, 0.15) is 12.0 Å². The first-order valence-corrected chi connectivity index (χ1v) is 6.35. The number of hydrogen-bond acceptors (Lipinski definition) is 4. The molecule has 0 saturated carbocycles. The maximum Gasteiger partial charge on any atom is 0.276 e. The van der Waals surface area contributed by atoms with Crippen LogP contribution in [0.15, 0.2) is 24.8 Å². The molecule has 0 bridgehead atoms. The van der Waals surface area contributed by atoms with Gasteiger partial charge < -0.3 is 9.80 Å². The third kappa shape index (κ3) is 2.76. The molecule has 1 atom stereocenters. The summed E-state index contributed by atoms with van der Waals surface area (Å²) in [6.45, 7) is 5.60. The summed E-state index contributed by atoms with van der Waals surface area (Å²) in [6, 6.07) is 5.78. The summed E-state index contributed by atoms with van der Waals surface area (Å²) in [5.41, 5.74) is 1.72. The zero-order valence-corrected chi connectivity index (χ0v) is 11.4. The highest BCUT2D eigenvalue weighted by atomic mass is 16.6. The second-order valence-corrected chi connectivity index (χ2v) is 5.06. The van der Waals surface area contributed by atoms with Crippen LogP contribution >= 0.6 is 0 Å². The van der Waals surface area contributed by atoms with E-state index in [1.54, 1.807) is 12.1 Å². The summed E-state index contributed by atoms with van der Waals surface area (Å²) in [5, 5.41) is 10.9. The highest BCUT2D eigenvalue weighted by Crippen LogP contribution is 2.28. The Hall–Kier alpha value is -1.88. The molecule has 5 heteroatoms. The van der Waals surface area contributed by atoms with E-state index in [9.17, 15) is 10.1 Å². The maximum atomic E-state index is 10.9. The van der Waals surface area contributed by atoms with Crippen LogP contribution in [0.25, 0.3) is 6.08 Å². The van der Waals surface area contributed by atoms with Crippen LogP contribution in [0.5, 0.6) is 0 Å². The van der Waals surface area contributed by atoms with Gasteiger partial charge in [-0.25, -0.2) is 0 Å². The lowest BCUT2D eigenvalue weighted by Gasteiger charge is -2.22. The van der Waals surface area contributed by atoms with Crippen LogP contribution in [0.4, 0.5) is 11.4 Å².